The zero-order chi connectivity index (χ0) is 12.5. The average Bonchev–Trinajstić information content (AvgIpc) is 1.98. The molecule has 0 heterocycles. The van der Waals surface area contributed by atoms with E-state index in [0.29, 0.717) is 0 Å². The second-order valence-corrected chi connectivity index (χ2v) is 3.68. The summed E-state index contributed by atoms with van der Waals surface area (Å²) >= 11 is 0. The highest BCUT2D eigenvalue weighted by Gasteiger charge is 2.70. The maximum atomic E-state index is 12.6. The predicted octanol–water partition coefficient (Wildman–Crippen LogP) is 3.54. The summed E-state index contributed by atoms with van der Waals surface area (Å²) in [5.74, 6) is -10.8. The van der Waals surface area contributed by atoms with Gasteiger partial charge in [0.1, 0.15) is 0 Å². The van der Waals surface area contributed by atoms with E-state index in [1.807, 2.05) is 0 Å². The van der Waals surface area contributed by atoms with Gasteiger partial charge in [-0.15, -0.1) is 0 Å². The van der Waals surface area contributed by atoms with Gasteiger partial charge in [-0.1, -0.05) is 13.8 Å². The van der Waals surface area contributed by atoms with E-state index in [4.69, 9.17) is 0 Å². The van der Waals surface area contributed by atoms with Crippen molar-refractivity contribution in [3.05, 3.63) is 0 Å². The number of ether oxygens (including phenoxy) is 1. The fraction of sp³-hybridized carbons (Fsp3) is 1.00. The lowest BCUT2D eigenvalue weighted by Crippen LogP contribution is -2.54. The van der Waals surface area contributed by atoms with Crippen LogP contribution in [0.25, 0.3) is 0 Å². The predicted molar refractivity (Wildman–Crippen MR) is 41.3 cm³/mol. The summed E-state index contributed by atoms with van der Waals surface area (Å²) in [6.45, 7) is 1.86. The summed E-state index contributed by atoms with van der Waals surface area (Å²) in [7, 11) is 0. The molecule has 0 atom stereocenters. The summed E-state index contributed by atoms with van der Waals surface area (Å²) in [6.07, 6.45) is -5.17. The molecule has 0 aromatic rings. The molecule has 0 N–H and O–H groups in total. The topological polar surface area (TPSA) is 9.23 Å². The molecule has 0 aliphatic heterocycles. The number of halogens is 6. The second kappa shape index (κ2) is 4.19. The Balaban J connectivity index is 4.70. The van der Waals surface area contributed by atoms with Gasteiger partial charge < -0.3 is 4.74 Å². The quantitative estimate of drug-likeness (QED) is 0.665. The van der Waals surface area contributed by atoms with E-state index in [1.165, 1.54) is 13.8 Å². The third-order valence-electron chi connectivity index (χ3n) is 1.51. The Bertz CT molecular complexity index is 208. The van der Waals surface area contributed by atoms with Crippen molar-refractivity contribution in [2.75, 3.05) is 6.61 Å². The summed E-state index contributed by atoms with van der Waals surface area (Å²) in [5.41, 5.74) is 0. The molecule has 92 valence electrons. The molecule has 0 saturated carbocycles. The minimum atomic E-state index is -5.52. The molecule has 15 heavy (non-hydrogen) atoms. The van der Waals surface area contributed by atoms with E-state index in [-0.39, 0.29) is 6.92 Å². The van der Waals surface area contributed by atoms with Crippen LogP contribution in [-0.2, 0) is 4.74 Å². The van der Waals surface area contributed by atoms with Gasteiger partial charge in [0.05, 0.1) is 6.61 Å². The maximum absolute atomic E-state index is 12.6. The van der Waals surface area contributed by atoms with Crippen molar-refractivity contribution in [3.8, 4) is 0 Å². The van der Waals surface area contributed by atoms with Crippen LogP contribution in [0.15, 0.2) is 0 Å². The molecule has 0 aromatic carbocycles. The lowest BCUT2D eigenvalue weighted by molar-refractivity contribution is -0.396. The minimum absolute atomic E-state index is 0.278. The zero-order valence-corrected chi connectivity index (χ0v) is 8.46. The fourth-order valence-electron chi connectivity index (χ4n) is 0.617. The van der Waals surface area contributed by atoms with Crippen molar-refractivity contribution in [1.82, 2.24) is 0 Å². The Morgan fingerprint density at radius 3 is 1.67 bits per heavy atom. The lowest BCUT2D eigenvalue weighted by Gasteiger charge is -2.30. The minimum Gasteiger partial charge on any atom is -0.315 e. The van der Waals surface area contributed by atoms with E-state index < -0.39 is 30.5 Å². The molecule has 0 fully saturated rings. The third-order valence-corrected chi connectivity index (χ3v) is 1.51. The van der Waals surface area contributed by atoms with Crippen LogP contribution in [0.2, 0.25) is 0 Å². The third kappa shape index (κ3) is 3.25. The molecule has 0 aliphatic rings. The van der Waals surface area contributed by atoms with Crippen molar-refractivity contribution in [1.29, 1.82) is 0 Å². The molecule has 0 bridgehead atoms. The molecule has 0 aromatic heterocycles. The second-order valence-electron chi connectivity index (χ2n) is 3.68. The first-order chi connectivity index (χ1) is 6.42. The molecule has 0 spiro atoms. The number of hydrogen-bond donors (Lipinski definition) is 0. The van der Waals surface area contributed by atoms with Crippen molar-refractivity contribution in [2.45, 2.75) is 38.7 Å². The number of alkyl halides is 6. The summed E-state index contributed by atoms with van der Waals surface area (Å²) in [5, 5.41) is 0. The molecule has 0 saturated heterocycles. The lowest BCUT2D eigenvalue weighted by atomic mass is 10.2. The average molecular weight is 238 g/mol. The smallest absolute Gasteiger partial charge is 0.315 e. The fourth-order valence-corrected chi connectivity index (χ4v) is 0.617. The van der Waals surface area contributed by atoms with E-state index in [0.717, 1.165) is 0 Å². The number of hydrogen-bond acceptors (Lipinski definition) is 1. The Kier molecular flexibility index (Phi) is 4.06. The maximum Gasteiger partial charge on any atom is 0.425 e. The molecule has 0 radical (unpaired) electrons. The van der Waals surface area contributed by atoms with Crippen LogP contribution in [0.4, 0.5) is 26.3 Å². The summed E-state index contributed by atoms with van der Waals surface area (Å²) in [4.78, 5) is 0. The Hall–Kier alpha value is -0.460. The SMILES string of the molecule is CC(C)COC(F)(F)C(F)(F)C(C)(F)F. The zero-order valence-electron chi connectivity index (χ0n) is 8.46. The highest BCUT2D eigenvalue weighted by atomic mass is 19.3. The molecule has 0 amide bonds. The van der Waals surface area contributed by atoms with Crippen LogP contribution in [0, 0.1) is 5.92 Å². The molecule has 7 heteroatoms. The Morgan fingerprint density at radius 1 is 1.00 bits per heavy atom. The van der Waals surface area contributed by atoms with Gasteiger partial charge in [-0.2, -0.15) is 26.3 Å². The monoisotopic (exact) mass is 238 g/mol. The first-order valence-electron chi connectivity index (χ1n) is 4.19. The van der Waals surface area contributed by atoms with Gasteiger partial charge in [0.25, 0.3) is 0 Å². The first-order valence-corrected chi connectivity index (χ1v) is 4.19. The van der Waals surface area contributed by atoms with E-state index in [2.05, 4.69) is 4.74 Å². The summed E-state index contributed by atoms with van der Waals surface area (Å²) in [6, 6.07) is 0. The van der Waals surface area contributed by atoms with Gasteiger partial charge in [-0.3, -0.25) is 0 Å². The van der Waals surface area contributed by atoms with Crippen LogP contribution in [0.1, 0.15) is 20.8 Å². The number of rotatable bonds is 5. The van der Waals surface area contributed by atoms with Crippen molar-refractivity contribution >= 4 is 0 Å². The van der Waals surface area contributed by atoms with E-state index in [9.17, 15) is 26.3 Å². The largest absolute Gasteiger partial charge is 0.425 e. The normalized spacial score (nSPS) is 14.8. The van der Waals surface area contributed by atoms with Gasteiger partial charge in [-0.05, 0) is 5.92 Å². The van der Waals surface area contributed by atoms with Crippen LogP contribution >= 0.6 is 0 Å². The molecule has 0 aliphatic carbocycles. The standard InChI is InChI=1S/C8H12F6O/c1-5(2)4-15-8(13,14)7(11,12)6(3,9)10/h5H,4H2,1-3H3. The van der Waals surface area contributed by atoms with Crippen LogP contribution < -0.4 is 0 Å². The van der Waals surface area contributed by atoms with Crippen molar-refractivity contribution < 1.29 is 31.1 Å². The van der Waals surface area contributed by atoms with E-state index >= 15 is 0 Å². The van der Waals surface area contributed by atoms with Crippen LogP contribution in [0.3, 0.4) is 0 Å². The van der Waals surface area contributed by atoms with Gasteiger partial charge in [0.2, 0.25) is 0 Å². The molecule has 1 nitrogen and oxygen atoms in total. The molecular weight excluding hydrogens is 226 g/mol. The van der Waals surface area contributed by atoms with Crippen LogP contribution in [0.5, 0.6) is 0 Å². The summed E-state index contributed by atoms with van der Waals surface area (Å²) < 4.78 is 78.2. The van der Waals surface area contributed by atoms with Gasteiger partial charge in [0, 0.05) is 6.92 Å². The van der Waals surface area contributed by atoms with E-state index in [1.54, 1.807) is 0 Å². The van der Waals surface area contributed by atoms with Crippen molar-refractivity contribution in [2.24, 2.45) is 5.92 Å². The van der Waals surface area contributed by atoms with Gasteiger partial charge in [0.15, 0.2) is 0 Å². The molecule has 0 unspecified atom stereocenters. The Morgan fingerprint density at radius 2 is 1.40 bits per heavy atom. The van der Waals surface area contributed by atoms with Crippen LogP contribution in [-0.4, -0.2) is 24.6 Å². The van der Waals surface area contributed by atoms with Crippen molar-refractivity contribution in [3.63, 3.8) is 0 Å². The van der Waals surface area contributed by atoms with Gasteiger partial charge in [-0.25, -0.2) is 0 Å². The molecule has 0 rings (SSSR count). The highest BCUT2D eigenvalue weighted by Crippen LogP contribution is 2.45. The highest BCUT2D eigenvalue weighted by molar-refractivity contribution is 4.88. The first kappa shape index (κ1) is 14.5. The van der Waals surface area contributed by atoms with Gasteiger partial charge >= 0.3 is 18.0 Å². The Labute approximate surface area is 83.4 Å². The molecular formula is C8H12F6O.